The van der Waals surface area contributed by atoms with Crippen molar-refractivity contribution in [1.82, 2.24) is 0 Å². The fourth-order valence-electron chi connectivity index (χ4n) is 3.62. The highest BCUT2D eigenvalue weighted by atomic mass is 32.2. The van der Waals surface area contributed by atoms with Gasteiger partial charge in [-0.1, -0.05) is 60.7 Å². The van der Waals surface area contributed by atoms with Gasteiger partial charge >= 0.3 is 0 Å². The first-order valence-corrected chi connectivity index (χ1v) is 10.6. The maximum absolute atomic E-state index is 12.2. The van der Waals surface area contributed by atoms with Crippen LogP contribution in [0.1, 0.15) is 16.4 Å². The van der Waals surface area contributed by atoms with Crippen LogP contribution in [0.5, 0.6) is 5.75 Å². The molecule has 1 heterocycles. The molecule has 0 radical (unpaired) electrons. The van der Waals surface area contributed by atoms with E-state index in [-0.39, 0.29) is 10.2 Å². The van der Waals surface area contributed by atoms with E-state index in [1.807, 2.05) is 91.0 Å². The summed E-state index contributed by atoms with van der Waals surface area (Å²) in [4.78, 5) is 13.1. The second-order valence-corrected chi connectivity index (χ2v) is 8.20. The van der Waals surface area contributed by atoms with E-state index in [0.717, 1.165) is 27.5 Å². The smallest absolute Gasteiger partial charge is 0.252 e. The lowest BCUT2D eigenvalue weighted by molar-refractivity contribution is -0.523. The highest BCUT2D eigenvalue weighted by molar-refractivity contribution is 8.08. The van der Waals surface area contributed by atoms with Crippen molar-refractivity contribution in [2.75, 3.05) is 12.4 Å². The fourth-order valence-corrected chi connectivity index (χ4v) is 5.09. The average molecular weight is 419 g/mol. The van der Waals surface area contributed by atoms with Gasteiger partial charge in [-0.05, 0) is 41.5 Å². The van der Waals surface area contributed by atoms with Gasteiger partial charge in [-0.15, -0.1) is 11.8 Å². The van der Waals surface area contributed by atoms with E-state index in [4.69, 9.17) is 4.74 Å². The Labute approximate surface area is 179 Å². The molecular weight excluding hydrogens is 396 g/mol. The minimum atomic E-state index is -0.823. The van der Waals surface area contributed by atoms with E-state index in [1.54, 1.807) is 18.9 Å². The number of nitro groups is 1. The van der Waals surface area contributed by atoms with Crippen molar-refractivity contribution in [3.05, 3.63) is 112 Å². The van der Waals surface area contributed by atoms with E-state index in [9.17, 15) is 10.1 Å². The quantitative estimate of drug-likeness (QED) is 0.414. The van der Waals surface area contributed by atoms with Gasteiger partial charge in [0.1, 0.15) is 17.0 Å². The first-order chi connectivity index (χ1) is 14.7. The third kappa shape index (κ3) is 4.33. The number of benzene rings is 3. The molecule has 1 N–H and O–H groups in total. The number of methoxy groups -OCH3 is 1. The van der Waals surface area contributed by atoms with Crippen LogP contribution in [0, 0.1) is 10.1 Å². The largest absolute Gasteiger partial charge is 0.497 e. The number of anilines is 1. The molecule has 6 heteroatoms. The molecule has 0 unspecified atom stereocenters. The summed E-state index contributed by atoms with van der Waals surface area (Å²) in [5.41, 5.74) is 2.82. The molecule has 0 aromatic heterocycles. The highest BCUT2D eigenvalue weighted by Gasteiger charge is 2.44. The number of hydrogen-bond donors (Lipinski definition) is 1. The van der Waals surface area contributed by atoms with Gasteiger partial charge in [0.25, 0.3) is 6.04 Å². The topological polar surface area (TPSA) is 64.4 Å². The maximum Gasteiger partial charge on any atom is 0.252 e. The van der Waals surface area contributed by atoms with Crippen LogP contribution in [0.2, 0.25) is 0 Å². The van der Waals surface area contributed by atoms with Crippen LogP contribution < -0.4 is 10.1 Å². The molecule has 0 bridgehead atoms. The third-order valence-electron chi connectivity index (χ3n) is 5.12. The SMILES string of the molecule is COc1ccc([C@H]2SC(c3ccccc3)=C[C@H](Nc3ccccc3)[C@@H]2[N+](=O)[O-])cc1. The monoisotopic (exact) mass is 418 g/mol. The molecule has 0 saturated heterocycles. The van der Waals surface area contributed by atoms with Crippen molar-refractivity contribution < 1.29 is 9.66 Å². The molecule has 0 saturated carbocycles. The first kappa shape index (κ1) is 20.0. The summed E-state index contributed by atoms with van der Waals surface area (Å²) in [5.74, 6) is 0.731. The van der Waals surface area contributed by atoms with Gasteiger partial charge < -0.3 is 10.1 Å². The van der Waals surface area contributed by atoms with Crippen LogP contribution in [-0.4, -0.2) is 24.1 Å². The minimum Gasteiger partial charge on any atom is -0.497 e. The lowest BCUT2D eigenvalue weighted by Crippen LogP contribution is -2.43. The van der Waals surface area contributed by atoms with E-state index in [1.165, 1.54) is 0 Å². The molecule has 4 rings (SSSR count). The molecule has 5 nitrogen and oxygen atoms in total. The second kappa shape index (κ2) is 9.05. The van der Waals surface area contributed by atoms with Crippen LogP contribution in [0.25, 0.3) is 4.91 Å². The number of para-hydroxylation sites is 1. The standard InChI is InChI=1S/C24H22N2O3S/c1-29-20-14-12-18(13-15-20)24-23(26(27)28)21(25-19-10-6-3-7-11-19)16-22(30-24)17-8-4-2-5-9-17/h2-16,21,23-25H,1H3/t21-,23-,24+/m0/s1. The molecule has 1 aliphatic heterocycles. The third-order valence-corrected chi connectivity index (χ3v) is 6.55. The van der Waals surface area contributed by atoms with Crippen molar-refractivity contribution in [2.45, 2.75) is 17.3 Å². The lowest BCUT2D eigenvalue weighted by atomic mass is 9.96. The molecule has 0 aliphatic carbocycles. The van der Waals surface area contributed by atoms with Crippen LogP contribution in [0.3, 0.4) is 0 Å². The van der Waals surface area contributed by atoms with Gasteiger partial charge in [-0.3, -0.25) is 10.1 Å². The molecule has 3 aromatic rings. The van der Waals surface area contributed by atoms with Gasteiger partial charge in [0, 0.05) is 15.5 Å². The summed E-state index contributed by atoms with van der Waals surface area (Å²) in [6.45, 7) is 0. The van der Waals surface area contributed by atoms with Gasteiger partial charge in [0.15, 0.2) is 0 Å². The molecule has 0 amide bonds. The van der Waals surface area contributed by atoms with E-state index in [0.29, 0.717) is 0 Å². The maximum atomic E-state index is 12.2. The zero-order chi connectivity index (χ0) is 20.9. The predicted molar refractivity (Wildman–Crippen MR) is 122 cm³/mol. The normalized spacial score (nSPS) is 20.8. The Morgan fingerprint density at radius 3 is 2.17 bits per heavy atom. The van der Waals surface area contributed by atoms with Gasteiger partial charge in [0.05, 0.1) is 7.11 Å². The Balaban J connectivity index is 1.76. The van der Waals surface area contributed by atoms with Crippen molar-refractivity contribution in [3.8, 4) is 5.75 Å². The summed E-state index contributed by atoms with van der Waals surface area (Å²) in [7, 11) is 1.61. The summed E-state index contributed by atoms with van der Waals surface area (Å²) in [6.07, 6.45) is 1.99. The molecule has 30 heavy (non-hydrogen) atoms. The first-order valence-electron chi connectivity index (χ1n) is 9.68. The van der Waals surface area contributed by atoms with E-state index in [2.05, 4.69) is 5.32 Å². The number of nitrogens with one attached hydrogen (secondary N) is 1. The van der Waals surface area contributed by atoms with Crippen molar-refractivity contribution in [2.24, 2.45) is 0 Å². The van der Waals surface area contributed by atoms with Crippen LogP contribution >= 0.6 is 11.8 Å². The van der Waals surface area contributed by atoms with Crippen molar-refractivity contribution >= 4 is 22.4 Å². The molecule has 1 aliphatic rings. The lowest BCUT2D eigenvalue weighted by Gasteiger charge is -2.32. The summed E-state index contributed by atoms with van der Waals surface area (Å²) in [5, 5.41) is 15.2. The minimum absolute atomic E-state index is 0.166. The Hall–Kier alpha value is -3.25. The molecule has 0 spiro atoms. The summed E-state index contributed by atoms with van der Waals surface area (Å²) < 4.78 is 5.26. The Morgan fingerprint density at radius 1 is 0.933 bits per heavy atom. The zero-order valence-corrected chi connectivity index (χ0v) is 17.3. The number of ether oxygens (including phenoxy) is 1. The number of nitrogens with zero attached hydrogens (tertiary/aromatic N) is 1. The molecule has 3 atom stereocenters. The number of hydrogen-bond acceptors (Lipinski definition) is 5. The molecule has 152 valence electrons. The molecular formula is C24H22N2O3S. The second-order valence-electron chi connectivity index (χ2n) is 7.02. The average Bonchev–Trinajstić information content (AvgIpc) is 2.79. The van der Waals surface area contributed by atoms with Crippen LogP contribution in [-0.2, 0) is 0 Å². The van der Waals surface area contributed by atoms with Gasteiger partial charge in [-0.2, -0.15) is 0 Å². The Kier molecular flexibility index (Phi) is 6.05. The van der Waals surface area contributed by atoms with Crippen molar-refractivity contribution in [1.29, 1.82) is 0 Å². The van der Waals surface area contributed by atoms with Gasteiger partial charge in [-0.25, -0.2) is 0 Å². The number of thioether (sulfide) groups is 1. The summed E-state index contributed by atoms with van der Waals surface area (Å²) >= 11 is 1.54. The Bertz CT molecular complexity index is 1020. The van der Waals surface area contributed by atoms with Crippen LogP contribution in [0.4, 0.5) is 5.69 Å². The van der Waals surface area contributed by atoms with E-state index >= 15 is 0 Å². The van der Waals surface area contributed by atoms with Crippen LogP contribution in [0.15, 0.2) is 91.0 Å². The molecule has 3 aromatic carbocycles. The fraction of sp³-hybridized carbons (Fsp3) is 0.167. The Morgan fingerprint density at radius 2 is 1.57 bits per heavy atom. The highest BCUT2D eigenvalue weighted by Crippen LogP contribution is 2.48. The van der Waals surface area contributed by atoms with Crippen molar-refractivity contribution in [3.63, 3.8) is 0 Å². The molecule has 0 fully saturated rings. The zero-order valence-electron chi connectivity index (χ0n) is 16.5. The number of rotatable bonds is 6. The summed E-state index contributed by atoms with van der Waals surface area (Å²) in [6, 6.07) is 25.9. The van der Waals surface area contributed by atoms with Gasteiger partial charge in [0.2, 0.25) is 0 Å². The van der Waals surface area contributed by atoms with E-state index < -0.39 is 12.1 Å². The predicted octanol–water partition coefficient (Wildman–Crippen LogP) is 5.65.